The van der Waals surface area contributed by atoms with E-state index < -0.39 is 0 Å². The minimum absolute atomic E-state index is 0.578. The van der Waals surface area contributed by atoms with Crippen LogP contribution in [0.2, 0.25) is 0 Å². The van der Waals surface area contributed by atoms with E-state index in [2.05, 4.69) is 425 Å². The summed E-state index contributed by atoms with van der Waals surface area (Å²) in [5, 5.41) is 0. The molecule has 0 aliphatic heterocycles. The minimum atomic E-state index is 0.578. The molecule has 13 aromatic rings. The van der Waals surface area contributed by atoms with Crippen LogP contribution < -0.4 is 0 Å². The molecule has 0 saturated carbocycles. The summed E-state index contributed by atoms with van der Waals surface area (Å²) in [6.45, 7) is 48.6. The van der Waals surface area contributed by atoms with Crippen molar-refractivity contribution in [3.8, 4) is 77.9 Å². The van der Waals surface area contributed by atoms with Crippen LogP contribution in [0.1, 0.15) is 165 Å². The monoisotopic (exact) mass is 1350 g/mol. The van der Waals surface area contributed by atoms with Crippen molar-refractivity contribution in [1.29, 1.82) is 0 Å². The Morgan fingerprint density at radius 3 is 0.689 bits per heavy atom. The van der Waals surface area contributed by atoms with Crippen LogP contribution in [0.4, 0.5) is 0 Å². The molecule has 0 saturated heterocycles. The van der Waals surface area contributed by atoms with Gasteiger partial charge in [-0.25, -0.2) is 0 Å². The minimum Gasteiger partial charge on any atom is -0.0622 e. The van der Waals surface area contributed by atoms with Gasteiger partial charge in [0.1, 0.15) is 0 Å². The van der Waals surface area contributed by atoms with Crippen molar-refractivity contribution in [1.82, 2.24) is 0 Å². The Kier molecular flexibility index (Phi) is 28.3. The average Bonchev–Trinajstić information content (AvgIpc) is 0.808. The molecule has 0 heteroatoms. The van der Waals surface area contributed by atoms with E-state index >= 15 is 0 Å². The predicted octanol–water partition coefficient (Wildman–Crippen LogP) is 30.1. The summed E-state index contributed by atoms with van der Waals surface area (Å²) in [4.78, 5) is 0. The van der Waals surface area contributed by atoms with E-state index in [-0.39, 0.29) is 0 Å². The predicted molar refractivity (Wildman–Crippen MR) is 455 cm³/mol. The summed E-state index contributed by atoms with van der Waals surface area (Å²) < 4.78 is 0. The fourth-order valence-electron chi connectivity index (χ4n) is 14.6. The number of benzene rings is 13. The molecule has 0 amide bonds. The van der Waals surface area contributed by atoms with Gasteiger partial charge in [-0.3, -0.25) is 0 Å². The van der Waals surface area contributed by atoms with Gasteiger partial charge in [0.05, 0.1) is 0 Å². The molecule has 0 bridgehead atoms. The van der Waals surface area contributed by atoms with Crippen LogP contribution in [-0.4, -0.2) is 0 Å². The molecule has 0 nitrogen and oxygen atoms in total. The largest absolute Gasteiger partial charge is 0.0622 e. The third-order valence-corrected chi connectivity index (χ3v) is 20.9. The van der Waals surface area contributed by atoms with Crippen molar-refractivity contribution >= 4 is 0 Å². The molecule has 0 atom stereocenters. The summed E-state index contributed by atoms with van der Waals surface area (Å²) in [5.41, 5.74) is 45.1. The highest BCUT2D eigenvalue weighted by atomic mass is 14.2. The SMILES string of the molecule is Cc1c(-c2ccccc2)cccc1C(C)C.Cc1cccc(-c2c(C)cccc2C)c1C.Cc1cccc(C)c1-c1cccc(C(C)C)c1C.Cc1ccccc1-c1cccc(-c2ccccc2C)c1C.Cc1ccccc1-c1cccc(C(C)C)c1C.Cc1ccccc1-c1cccc(C)c1C. The van der Waals surface area contributed by atoms with Crippen molar-refractivity contribution in [2.24, 2.45) is 0 Å². The Balaban J connectivity index is 0.000000157. The summed E-state index contributed by atoms with van der Waals surface area (Å²) in [5.74, 6) is 1.75. The maximum atomic E-state index is 2.26. The summed E-state index contributed by atoms with van der Waals surface area (Å²) in [7, 11) is 0. The van der Waals surface area contributed by atoms with E-state index in [4.69, 9.17) is 0 Å². The van der Waals surface area contributed by atoms with Gasteiger partial charge < -0.3 is 0 Å². The Morgan fingerprint density at radius 2 is 0.350 bits per heavy atom. The smallest absolute Gasteiger partial charge is 0.0123 e. The van der Waals surface area contributed by atoms with Gasteiger partial charge in [0.2, 0.25) is 0 Å². The average molecular weight is 1350 g/mol. The summed E-state index contributed by atoms with van der Waals surface area (Å²) in [6, 6.07) is 97.5. The van der Waals surface area contributed by atoms with Gasteiger partial charge in [-0.15, -0.1) is 0 Å². The first-order valence-corrected chi connectivity index (χ1v) is 37.3. The van der Waals surface area contributed by atoms with Gasteiger partial charge in [-0.05, 0) is 312 Å². The first-order chi connectivity index (χ1) is 49.3. The van der Waals surface area contributed by atoms with Gasteiger partial charge >= 0.3 is 0 Å². The van der Waals surface area contributed by atoms with Crippen molar-refractivity contribution in [3.63, 3.8) is 0 Å². The molecule has 0 aliphatic rings. The van der Waals surface area contributed by atoms with Gasteiger partial charge in [-0.1, -0.05) is 315 Å². The zero-order chi connectivity index (χ0) is 74.6. The highest BCUT2D eigenvalue weighted by molar-refractivity contribution is 5.82. The molecule has 13 aromatic carbocycles. The Morgan fingerprint density at radius 1 is 0.146 bits per heavy atom. The molecular weight excluding hydrogens is 1240 g/mol. The highest BCUT2D eigenvalue weighted by Gasteiger charge is 2.16. The molecule has 0 unspecified atom stereocenters. The quantitative estimate of drug-likeness (QED) is 0.128. The van der Waals surface area contributed by atoms with Gasteiger partial charge in [0, 0.05) is 0 Å². The zero-order valence-electron chi connectivity index (χ0n) is 66.2. The molecule has 526 valence electrons. The maximum absolute atomic E-state index is 2.26. The van der Waals surface area contributed by atoms with Crippen LogP contribution in [0.5, 0.6) is 0 Å². The fourth-order valence-corrected chi connectivity index (χ4v) is 14.6. The first-order valence-electron chi connectivity index (χ1n) is 37.3. The molecular formula is C103H114. The molecule has 0 fully saturated rings. The Bertz CT molecular complexity index is 4840. The number of aryl methyl sites for hydroxylation is 10. The van der Waals surface area contributed by atoms with E-state index in [0.717, 1.165) is 0 Å². The van der Waals surface area contributed by atoms with Crippen LogP contribution in [-0.2, 0) is 0 Å². The van der Waals surface area contributed by atoms with Crippen LogP contribution >= 0.6 is 0 Å². The van der Waals surface area contributed by atoms with Gasteiger partial charge in [-0.2, -0.15) is 0 Å². The van der Waals surface area contributed by atoms with E-state index in [0.29, 0.717) is 17.8 Å². The number of hydrogen-bond donors (Lipinski definition) is 0. The fraction of sp³-hybridized carbons (Fsp3) is 0.243. The topological polar surface area (TPSA) is 0 Å². The first kappa shape index (κ1) is 78.6. The lowest BCUT2D eigenvalue weighted by Gasteiger charge is -2.17. The van der Waals surface area contributed by atoms with E-state index in [1.807, 2.05) is 0 Å². The third kappa shape index (κ3) is 19.7. The highest BCUT2D eigenvalue weighted by Crippen LogP contribution is 2.38. The molecule has 0 aromatic heterocycles. The van der Waals surface area contributed by atoms with Crippen molar-refractivity contribution in [2.75, 3.05) is 0 Å². The van der Waals surface area contributed by atoms with Crippen molar-refractivity contribution < 1.29 is 0 Å². The number of rotatable bonds is 10. The molecule has 0 radical (unpaired) electrons. The maximum Gasteiger partial charge on any atom is -0.0123 e. The van der Waals surface area contributed by atoms with Crippen LogP contribution in [0.15, 0.2) is 273 Å². The Labute approximate surface area is 622 Å². The molecule has 13 rings (SSSR count). The second-order valence-electron chi connectivity index (χ2n) is 29.2. The third-order valence-electron chi connectivity index (χ3n) is 20.9. The standard InChI is InChI=1S/C21H20.C18H22.C17H20.2C16H18.C15H16/c1-15-9-4-6-11-18(15)20-13-8-14-21(17(20)3)19-12-7-5-10-16(19)2;1-12(2)16-10-7-11-17(15(16)5)18-13(3)8-6-9-14(18)4;1-12(2)15-10-7-11-17(14(15)4)16-9-6-5-8-13(16)3;1-11-7-6-10-15(14(11)4)16-12(2)8-5-9-13(16)3;1-12(2)15-10-7-11-16(13(15)3)14-8-5-4-6-9-14;1-11-8-6-10-15(13(11)3)14-9-5-4-7-12(14)2/h4-14H,1-3H3;6-12H,1-5H3;5-12H,1-4H3;5-10H,1-4H3;4-12H,1-3H3;4-10H,1-3H3. The van der Waals surface area contributed by atoms with Crippen molar-refractivity contribution in [3.05, 3.63) is 379 Å². The summed E-state index contributed by atoms with van der Waals surface area (Å²) >= 11 is 0. The number of hydrogen-bond acceptors (Lipinski definition) is 0. The summed E-state index contributed by atoms with van der Waals surface area (Å²) in [6.07, 6.45) is 0. The Hall–Kier alpha value is -10.1. The lowest BCUT2D eigenvalue weighted by molar-refractivity contribution is 0.857. The van der Waals surface area contributed by atoms with Gasteiger partial charge in [0.25, 0.3) is 0 Å². The van der Waals surface area contributed by atoms with Crippen LogP contribution in [0.25, 0.3) is 77.9 Å². The molecule has 103 heavy (non-hydrogen) atoms. The molecule has 0 aliphatic carbocycles. The molecule has 0 heterocycles. The van der Waals surface area contributed by atoms with E-state index in [9.17, 15) is 0 Å². The van der Waals surface area contributed by atoms with Crippen LogP contribution in [0.3, 0.4) is 0 Å². The van der Waals surface area contributed by atoms with Crippen molar-refractivity contribution in [2.45, 2.75) is 170 Å². The molecule has 0 N–H and O–H groups in total. The lowest BCUT2D eigenvalue weighted by atomic mass is 9.88. The second-order valence-corrected chi connectivity index (χ2v) is 29.2. The lowest BCUT2D eigenvalue weighted by Crippen LogP contribution is -1.96. The van der Waals surface area contributed by atoms with Gasteiger partial charge in [0.15, 0.2) is 0 Å². The van der Waals surface area contributed by atoms with E-state index in [1.165, 1.54) is 184 Å². The normalized spacial score (nSPS) is 10.7. The second kappa shape index (κ2) is 37.2. The van der Waals surface area contributed by atoms with Crippen LogP contribution in [0, 0.1) is 111 Å². The molecule has 0 spiro atoms. The zero-order valence-corrected chi connectivity index (χ0v) is 66.2. The van der Waals surface area contributed by atoms with E-state index in [1.54, 1.807) is 0 Å².